The minimum Gasteiger partial charge on any atom is -0.508 e. The molecule has 0 heterocycles. The molecule has 1 atom stereocenters. The largest absolute Gasteiger partial charge is 0.508 e. The van der Waals surface area contributed by atoms with E-state index < -0.39 is 18.5 Å². The zero-order valence-electron chi connectivity index (χ0n) is 6.24. The maximum atomic E-state index is 12.9. The molecular weight excluding hydrogens is 163 g/mol. The number of aliphatic hydroxyl groups excluding tert-OH is 2. The maximum Gasteiger partial charge on any atom is 0.132 e. The average molecular weight is 172 g/mol. The minimum atomic E-state index is -1.23. The fourth-order valence-electron chi connectivity index (χ4n) is 0.885. The Kier molecular flexibility index (Phi) is 2.62. The summed E-state index contributed by atoms with van der Waals surface area (Å²) in [4.78, 5) is 0. The molecular formula is C8H9FO3. The van der Waals surface area contributed by atoms with Crippen LogP contribution in [-0.4, -0.2) is 21.9 Å². The van der Waals surface area contributed by atoms with Gasteiger partial charge in [-0.3, -0.25) is 0 Å². The molecule has 0 fully saturated rings. The van der Waals surface area contributed by atoms with Gasteiger partial charge >= 0.3 is 0 Å². The first-order valence-corrected chi connectivity index (χ1v) is 3.42. The maximum absolute atomic E-state index is 12.9. The zero-order chi connectivity index (χ0) is 9.14. The van der Waals surface area contributed by atoms with Crippen molar-refractivity contribution in [2.24, 2.45) is 0 Å². The van der Waals surface area contributed by atoms with Crippen molar-refractivity contribution in [1.29, 1.82) is 0 Å². The lowest BCUT2D eigenvalue weighted by atomic mass is 10.1. The van der Waals surface area contributed by atoms with E-state index in [9.17, 15) is 4.39 Å². The van der Waals surface area contributed by atoms with Crippen molar-refractivity contribution in [2.45, 2.75) is 6.10 Å². The standard InChI is InChI=1S/C8H9FO3/c9-7-3-5(11)1-2-6(7)8(12)4-10/h1-3,8,10-12H,4H2. The highest BCUT2D eigenvalue weighted by Crippen LogP contribution is 2.20. The van der Waals surface area contributed by atoms with Crippen LogP contribution >= 0.6 is 0 Å². The predicted molar refractivity (Wildman–Crippen MR) is 40.1 cm³/mol. The molecule has 0 amide bonds. The second kappa shape index (κ2) is 3.51. The molecule has 0 aliphatic carbocycles. The predicted octanol–water partition coefficient (Wildman–Crippen LogP) is 0.557. The highest BCUT2D eigenvalue weighted by Gasteiger charge is 2.11. The van der Waals surface area contributed by atoms with Crippen molar-refractivity contribution in [2.75, 3.05) is 6.61 Å². The van der Waals surface area contributed by atoms with Crippen LogP contribution in [0.15, 0.2) is 18.2 Å². The summed E-state index contributed by atoms with van der Waals surface area (Å²) in [7, 11) is 0. The van der Waals surface area contributed by atoms with Crippen molar-refractivity contribution >= 4 is 0 Å². The molecule has 66 valence electrons. The Morgan fingerprint density at radius 3 is 2.58 bits per heavy atom. The third kappa shape index (κ3) is 1.72. The molecule has 0 spiro atoms. The first-order valence-electron chi connectivity index (χ1n) is 3.42. The number of rotatable bonds is 2. The van der Waals surface area contributed by atoms with Crippen LogP contribution in [0.25, 0.3) is 0 Å². The second-order valence-electron chi connectivity index (χ2n) is 2.40. The first-order chi connectivity index (χ1) is 5.65. The molecule has 3 N–H and O–H groups in total. The van der Waals surface area contributed by atoms with Gasteiger partial charge in [0.25, 0.3) is 0 Å². The first kappa shape index (κ1) is 8.96. The molecule has 4 heteroatoms. The van der Waals surface area contributed by atoms with E-state index in [0.29, 0.717) is 0 Å². The summed E-state index contributed by atoms with van der Waals surface area (Å²) < 4.78 is 12.9. The number of benzene rings is 1. The van der Waals surface area contributed by atoms with E-state index in [4.69, 9.17) is 15.3 Å². The smallest absolute Gasteiger partial charge is 0.132 e. The number of hydrogen-bond donors (Lipinski definition) is 3. The van der Waals surface area contributed by atoms with Crippen LogP contribution in [0, 0.1) is 5.82 Å². The van der Waals surface area contributed by atoms with E-state index in [2.05, 4.69) is 0 Å². The average Bonchev–Trinajstić information content (AvgIpc) is 2.03. The highest BCUT2D eigenvalue weighted by molar-refractivity contribution is 5.29. The van der Waals surface area contributed by atoms with Crippen molar-refractivity contribution in [1.82, 2.24) is 0 Å². The molecule has 0 saturated heterocycles. The van der Waals surface area contributed by atoms with Crippen LogP contribution in [-0.2, 0) is 0 Å². The monoisotopic (exact) mass is 172 g/mol. The molecule has 1 aromatic rings. The topological polar surface area (TPSA) is 60.7 Å². The third-order valence-electron chi connectivity index (χ3n) is 1.52. The van der Waals surface area contributed by atoms with Gasteiger partial charge in [-0.1, -0.05) is 0 Å². The molecule has 0 radical (unpaired) electrons. The van der Waals surface area contributed by atoms with E-state index in [1.807, 2.05) is 0 Å². The van der Waals surface area contributed by atoms with Gasteiger partial charge in [0.05, 0.1) is 6.61 Å². The SMILES string of the molecule is OCC(O)c1ccc(O)cc1F. The molecule has 0 saturated carbocycles. The van der Waals surface area contributed by atoms with Gasteiger partial charge in [-0.25, -0.2) is 4.39 Å². The molecule has 1 unspecified atom stereocenters. The van der Waals surface area contributed by atoms with E-state index in [1.165, 1.54) is 12.1 Å². The molecule has 1 rings (SSSR count). The quantitative estimate of drug-likeness (QED) is 0.610. The Labute approximate surface area is 68.7 Å². The van der Waals surface area contributed by atoms with Crippen LogP contribution in [0.2, 0.25) is 0 Å². The second-order valence-corrected chi connectivity index (χ2v) is 2.40. The Balaban J connectivity index is 3.01. The summed E-state index contributed by atoms with van der Waals surface area (Å²) >= 11 is 0. The van der Waals surface area contributed by atoms with Crippen LogP contribution in [0.5, 0.6) is 5.75 Å². The highest BCUT2D eigenvalue weighted by atomic mass is 19.1. The van der Waals surface area contributed by atoms with Gasteiger partial charge in [-0.15, -0.1) is 0 Å². The van der Waals surface area contributed by atoms with E-state index in [-0.39, 0.29) is 11.3 Å². The lowest BCUT2D eigenvalue weighted by Crippen LogP contribution is -2.04. The van der Waals surface area contributed by atoms with E-state index >= 15 is 0 Å². The fourth-order valence-corrected chi connectivity index (χ4v) is 0.885. The number of aromatic hydroxyl groups is 1. The Morgan fingerprint density at radius 1 is 1.42 bits per heavy atom. The lowest BCUT2D eigenvalue weighted by molar-refractivity contribution is 0.0925. The summed E-state index contributed by atoms with van der Waals surface area (Å²) in [5, 5.41) is 26.3. The summed E-state index contributed by atoms with van der Waals surface area (Å²) in [6.07, 6.45) is -1.23. The zero-order valence-corrected chi connectivity index (χ0v) is 6.24. The Bertz CT molecular complexity index is 275. The van der Waals surface area contributed by atoms with Crippen LogP contribution in [0.3, 0.4) is 0 Å². The van der Waals surface area contributed by atoms with Gasteiger partial charge in [0.2, 0.25) is 0 Å². The third-order valence-corrected chi connectivity index (χ3v) is 1.52. The van der Waals surface area contributed by atoms with Gasteiger partial charge in [0.15, 0.2) is 0 Å². The summed E-state index contributed by atoms with van der Waals surface area (Å²) in [6, 6.07) is 3.36. The van der Waals surface area contributed by atoms with Crippen LogP contribution in [0.1, 0.15) is 11.7 Å². The lowest BCUT2D eigenvalue weighted by Gasteiger charge is -2.07. The number of phenols is 1. The van der Waals surface area contributed by atoms with Crippen LogP contribution in [0.4, 0.5) is 4.39 Å². The van der Waals surface area contributed by atoms with Crippen molar-refractivity contribution in [3.05, 3.63) is 29.6 Å². The summed E-state index contributed by atoms with van der Waals surface area (Å²) in [5.74, 6) is -0.932. The van der Waals surface area contributed by atoms with E-state index in [1.54, 1.807) is 0 Å². The van der Waals surface area contributed by atoms with Crippen LogP contribution < -0.4 is 0 Å². The molecule has 0 aromatic heterocycles. The molecule has 12 heavy (non-hydrogen) atoms. The van der Waals surface area contributed by atoms with Crippen molar-refractivity contribution in [3.63, 3.8) is 0 Å². The Hall–Kier alpha value is -1.13. The van der Waals surface area contributed by atoms with Gasteiger partial charge in [0.1, 0.15) is 17.7 Å². The van der Waals surface area contributed by atoms with E-state index in [0.717, 1.165) is 6.07 Å². The van der Waals surface area contributed by atoms with Gasteiger partial charge in [0, 0.05) is 11.6 Å². The number of aliphatic hydroxyl groups is 2. The van der Waals surface area contributed by atoms with Crippen molar-refractivity contribution in [3.8, 4) is 5.75 Å². The molecule has 0 bridgehead atoms. The van der Waals surface area contributed by atoms with Gasteiger partial charge < -0.3 is 15.3 Å². The fraction of sp³-hybridized carbons (Fsp3) is 0.250. The molecule has 3 nitrogen and oxygen atoms in total. The number of halogens is 1. The van der Waals surface area contributed by atoms with Gasteiger partial charge in [-0.05, 0) is 12.1 Å². The normalized spacial score (nSPS) is 12.9. The summed E-state index contributed by atoms with van der Waals surface area (Å²) in [6.45, 7) is -0.540. The van der Waals surface area contributed by atoms with Gasteiger partial charge in [-0.2, -0.15) is 0 Å². The minimum absolute atomic E-state index is 0.0182. The molecule has 0 aliphatic rings. The molecule has 1 aromatic carbocycles. The van der Waals surface area contributed by atoms with Crippen molar-refractivity contribution < 1.29 is 19.7 Å². The molecule has 0 aliphatic heterocycles. The number of hydrogen-bond acceptors (Lipinski definition) is 3. The Morgan fingerprint density at radius 2 is 2.08 bits per heavy atom. The number of phenolic OH excluding ortho intramolecular Hbond substituents is 1. The summed E-state index contributed by atoms with van der Waals surface area (Å²) in [5.41, 5.74) is -0.0182.